The number of pyridine rings is 1. The van der Waals surface area contributed by atoms with E-state index in [1.807, 2.05) is 13.8 Å². The van der Waals surface area contributed by atoms with Gasteiger partial charge in [-0.2, -0.15) is 0 Å². The van der Waals surface area contributed by atoms with Crippen molar-refractivity contribution in [3.63, 3.8) is 0 Å². The van der Waals surface area contributed by atoms with Crippen molar-refractivity contribution in [1.82, 2.24) is 9.71 Å². The second-order valence-corrected chi connectivity index (χ2v) is 6.40. The molecule has 2 N–H and O–H groups in total. The van der Waals surface area contributed by atoms with Gasteiger partial charge in [0.1, 0.15) is 0 Å². The topological polar surface area (TPSA) is 88.5 Å². The average Bonchev–Trinajstić information content (AvgIpc) is 2.42. The third kappa shape index (κ3) is 5.96. The van der Waals surface area contributed by atoms with E-state index in [9.17, 15) is 8.42 Å². The summed E-state index contributed by atoms with van der Waals surface area (Å²) in [5.41, 5.74) is 0.579. The summed E-state index contributed by atoms with van der Waals surface area (Å²) >= 11 is 0. The molecule has 0 fully saturated rings. The van der Waals surface area contributed by atoms with Crippen LogP contribution in [0.3, 0.4) is 0 Å². The van der Waals surface area contributed by atoms with E-state index in [0.29, 0.717) is 25.1 Å². The Hall–Kier alpha value is -1.02. The summed E-state index contributed by atoms with van der Waals surface area (Å²) in [6.07, 6.45) is 3.06. The van der Waals surface area contributed by atoms with Crippen LogP contribution in [0.15, 0.2) is 23.4 Å². The molecule has 114 valence electrons. The van der Waals surface area contributed by atoms with Crippen molar-refractivity contribution in [3.8, 4) is 0 Å². The first-order valence-electron chi connectivity index (χ1n) is 6.63. The van der Waals surface area contributed by atoms with Gasteiger partial charge >= 0.3 is 0 Å². The minimum atomic E-state index is -3.57. The van der Waals surface area contributed by atoms with Crippen molar-refractivity contribution < 1.29 is 18.3 Å². The molecule has 0 aliphatic heterocycles. The molecule has 1 aromatic rings. The van der Waals surface area contributed by atoms with Gasteiger partial charge in [-0.15, -0.1) is 0 Å². The van der Waals surface area contributed by atoms with Gasteiger partial charge in [0, 0.05) is 19.3 Å². The van der Waals surface area contributed by atoms with Gasteiger partial charge in [0.2, 0.25) is 0 Å². The van der Waals surface area contributed by atoms with Crippen molar-refractivity contribution >= 4 is 10.0 Å². The van der Waals surface area contributed by atoms with Gasteiger partial charge in [0.05, 0.1) is 12.7 Å². The molecule has 0 bridgehead atoms. The number of rotatable bonds is 9. The van der Waals surface area contributed by atoms with Crippen molar-refractivity contribution in [2.45, 2.75) is 44.4 Å². The fourth-order valence-corrected chi connectivity index (χ4v) is 2.49. The number of nitrogens with zero attached hydrogens (tertiary/aromatic N) is 1. The van der Waals surface area contributed by atoms with Crippen LogP contribution in [0.5, 0.6) is 0 Å². The highest BCUT2D eigenvalue weighted by Crippen LogP contribution is 2.06. The van der Waals surface area contributed by atoms with Gasteiger partial charge in [-0.1, -0.05) is 6.07 Å². The molecule has 0 aromatic carbocycles. The lowest BCUT2D eigenvalue weighted by Crippen LogP contribution is -2.26. The molecule has 1 heterocycles. The van der Waals surface area contributed by atoms with E-state index in [1.165, 1.54) is 18.3 Å². The predicted octanol–water partition coefficient (Wildman–Crippen LogP) is 1.06. The SMILES string of the molecule is CC(C)OCCCCNS(=O)(=O)c1ccc(CO)cn1. The van der Waals surface area contributed by atoms with E-state index in [-0.39, 0.29) is 17.7 Å². The van der Waals surface area contributed by atoms with Crippen LogP contribution < -0.4 is 4.72 Å². The van der Waals surface area contributed by atoms with E-state index in [1.54, 1.807) is 0 Å². The zero-order chi connectivity index (χ0) is 15.0. The molecule has 0 amide bonds. The number of nitrogens with one attached hydrogen (secondary N) is 1. The van der Waals surface area contributed by atoms with Gasteiger partial charge in [0.15, 0.2) is 5.03 Å². The van der Waals surface area contributed by atoms with E-state index >= 15 is 0 Å². The summed E-state index contributed by atoms with van der Waals surface area (Å²) in [6, 6.07) is 2.92. The van der Waals surface area contributed by atoms with E-state index in [0.717, 1.165) is 6.42 Å². The normalized spacial score (nSPS) is 12.0. The molecule has 0 radical (unpaired) electrons. The molecule has 0 saturated heterocycles. The molecule has 0 atom stereocenters. The fourth-order valence-electron chi connectivity index (χ4n) is 1.49. The Balaban J connectivity index is 2.37. The van der Waals surface area contributed by atoms with Gasteiger partial charge in [0.25, 0.3) is 10.0 Å². The molecule has 0 aliphatic carbocycles. The van der Waals surface area contributed by atoms with E-state index < -0.39 is 10.0 Å². The van der Waals surface area contributed by atoms with Crippen LogP contribution >= 0.6 is 0 Å². The van der Waals surface area contributed by atoms with E-state index in [4.69, 9.17) is 9.84 Å². The first-order valence-corrected chi connectivity index (χ1v) is 8.11. The second kappa shape index (κ2) is 8.31. The second-order valence-electron chi connectivity index (χ2n) is 4.69. The molecule has 7 heteroatoms. The Morgan fingerprint density at radius 2 is 2.10 bits per heavy atom. The average molecular weight is 302 g/mol. The number of sulfonamides is 1. The number of unbranched alkanes of at least 4 members (excludes halogenated alkanes) is 1. The summed E-state index contributed by atoms with van der Waals surface area (Å²) in [5, 5.41) is 8.84. The maximum Gasteiger partial charge on any atom is 0.258 e. The summed E-state index contributed by atoms with van der Waals surface area (Å²) in [6.45, 7) is 4.75. The summed E-state index contributed by atoms with van der Waals surface area (Å²) < 4.78 is 31.7. The largest absolute Gasteiger partial charge is 0.392 e. The Labute approximate surface area is 120 Å². The zero-order valence-electron chi connectivity index (χ0n) is 11.9. The highest BCUT2D eigenvalue weighted by Gasteiger charge is 2.14. The van der Waals surface area contributed by atoms with Gasteiger partial charge in [-0.25, -0.2) is 18.1 Å². The lowest BCUT2D eigenvalue weighted by Gasteiger charge is -2.08. The van der Waals surface area contributed by atoms with Crippen LogP contribution in [0.4, 0.5) is 0 Å². The summed E-state index contributed by atoms with van der Waals surface area (Å²) in [7, 11) is -3.57. The number of aliphatic hydroxyl groups is 1. The molecular weight excluding hydrogens is 280 g/mol. The third-order valence-electron chi connectivity index (χ3n) is 2.57. The smallest absolute Gasteiger partial charge is 0.258 e. The molecule has 1 rings (SSSR count). The first-order chi connectivity index (χ1) is 9.45. The molecular formula is C13H22N2O4S. The number of hydrogen-bond acceptors (Lipinski definition) is 5. The molecule has 6 nitrogen and oxygen atoms in total. The highest BCUT2D eigenvalue weighted by molar-refractivity contribution is 7.89. The summed E-state index contributed by atoms with van der Waals surface area (Å²) in [5.74, 6) is 0. The maximum atomic E-state index is 11.9. The van der Waals surface area contributed by atoms with Crippen LogP contribution in [-0.4, -0.2) is 37.8 Å². The van der Waals surface area contributed by atoms with Crippen LogP contribution in [-0.2, 0) is 21.4 Å². The molecule has 0 aliphatic rings. The Morgan fingerprint density at radius 1 is 1.35 bits per heavy atom. The Morgan fingerprint density at radius 3 is 2.65 bits per heavy atom. The Bertz CT molecular complexity index is 486. The van der Waals surface area contributed by atoms with Crippen molar-refractivity contribution in [1.29, 1.82) is 0 Å². The Kier molecular flexibility index (Phi) is 7.08. The van der Waals surface area contributed by atoms with Crippen LogP contribution in [0.25, 0.3) is 0 Å². The number of hydrogen-bond donors (Lipinski definition) is 2. The van der Waals surface area contributed by atoms with Crippen LogP contribution in [0.2, 0.25) is 0 Å². The molecule has 0 unspecified atom stereocenters. The molecule has 20 heavy (non-hydrogen) atoms. The standard InChI is InChI=1S/C13H22N2O4S/c1-11(2)19-8-4-3-7-15-20(17,18)13-6-5-12(10-16)9-14-13/h5-6,9,11,15-16H,3-4,7-8,10H2,1-2H3. The van der Waals surface area contributed by atoms with Gasteiger partial charge in [-0.05, 0) is 38.3 Å². The minimum absolute atomic E-state index is 0.0341. The fraction of sp³-hybridized carbons (Fsp3) is 0.615. The molecule has 0 saturated carbocycles. The van der Waals surface area contributed by atoms with Crippen molar-refractivity contribution in [2.24, 2.45) is 0 Å². The van der Waals surface area contributed by atoms with Crippen LogP contribution in [0, 0.1) is 0 Å². The molecule has 1 aromatic heterocycles. The van der Waals surface area contributed by atoms with Gasteiger partial charge < -0.3 is 9.84 Å². The van der Waals surface area contributed by atoms with Crippen molar-refractivity contribution in [2.75, 3.05) is 13.2 Å². The lowest BCUT2D eigenvalue weighted by atomic mass is 10.3. The highest BCUT2D eigenvalue weighted by atomic mass is 32.2. The number of aliphatic hydroxyl groups excluding tert-OH is 1. The molecule has 0 spiro atoms. The maximum absolute atomic E-state index is 11.9. The van der Waals surface area contributed by atoms with E-state index in [2.05, 4.69) is 9.71 Å². The monoisotopic (exact) mass is 302 g/mol. The van der Waals surface area contributed by atoms with Crippen molar-refractivity contribution in [3.05, 3.63) is 23.9 Å². The first kappa shape index (κ1) is 17.0. The number of ether oxygens (including phenoxy) is 1. The third-order valence-corrected chi connectivity index (χ3v) is 3.95. The number of aromatic nitrogens is 1. The zero-order valence-corrected chi connectivity index (χ0v) is 12.7. The summed E-state index contributed by atoms with van der Waals surface area (Å²) in [4.78, 5) is 3.82. The minimum Gasteiger partial charge on any atom is -0.392 e. The van der Waals surface area contributed by atoms with Gasteiger partial charge in [-0.3, -0.25) is 0 Å². The quantitative estimate of drug-likeness (QED) is 0.666. The lowest BCUT2D eigenvalue weighted by molar-refractivity contribution is 0.0762. The predicted molar refractivity (Wildman–Crippen MR) is 75.7 cm³/mol. The van der Waals surface area contributed by atoms with Crippen LogP contribution in [0.1, 0.15) is 32.3 Å².